The van der Waals surface area contributed by atoms with Crippen LogP contribution in [0, 0.1) is 6.42 Å². The largest absolute Gasteiger partial charge is 0.0654 e. The predicted molar refractivity (Wildman–Crippen MR) is 101 cm³/mol. The number of fused-ring (bicyclic) bond motifs is 1. The van der Waals surface area contributed by atoms with E-state index >= 15 is 0 Å². The zero-order valence-corrected chi connectivity index (χ0v) is 17.4. The summed E-state index contributed by atoms with van der Waals surface area (Å²) >= 11 is 0. The normalized spacial score (nSPS) is 12.5. The van der Waals surface area contributed by atoms with E-state index in [1.165, 1.54) is 65.5 Å². The van der Waals surface area contributed by atoms with Crippen LogP contribution in [-0.2, 0) is 32.6 Å². The Morgan fingerprint density at radius 2 is 1.62 bits per heavy atom. The molecule has 2 aromatic carbocycles. The quantitative estimate of drug-likeness (QED) is 0.451. The molecule has 123 valence electrons. The first kappa shape index (κ1) is 19.4. The maximum Gasteiger partial charge on any atom is 0.0164 e. The molecule has 2 aromatic rings. The first-order chi connectivity index (χ1) is 11.3. The molecule has 0 bridgehead atoms. The number of allylic oxidation sites excluding steroid dienone is 1. The fourth-order valence-corrected chi connectivity index (χ4v) is 3.37. The molecule has 0 aromatic heterocycles. The summed E-state index contributed by atoms with van der Waals surface area (Å²) < 4.78 is 0. The van der Waals surface area contributed by atoms with Gasteiger partial charge < -0.3 is 0 Å². The molecule has 24 heavy (non-hydrogen) atoms. The van der Waals surface area contributed by atoms with Crippen LogP contribution < -0.4 is 0 Å². The summed E-state index contributed by atoms with van der Waals surface area (Å²) in [4.78, 5) is 0. The minimum atomic E-state index is 0. The van der Waals surface area contributed by atoms with Crippen LogP contribution in [-0.4, -0.2) is 0 Å². The molecule has 0 unspecified atom stereocenters. The average Bonchev–Trinajstić information content (AvgIpc) is 3.02. The summed E-state index contributed by atoms with van der Waals surface area (Å²) in [5, 5.41) is 0. The molecule has 0 nitrogen and oxygen atoms in total. The maximum absolute atomic E-state index is 2.41. The topological polar surface area (TPSA) is 0 Å². The van der Waals surface area contributed by atoms with Crippen molar-refractivity contribution in [3.05, 3.63) is 71.1 Å². The van der Waals surface area contributed by atoms with Gasteiger partial charge >= 0.3 is 0 Å². The first-order valence-corrected chi connectivity index (χ1v) is 9.09. The Kier molecular flexibility index (Phi) is 7.69. The van der Waals surface area contributed by atoms with Crippen molar-refractivity contribution in [1.82, 2.24) is 0 Å². The van der Waals surface area contributed by atoms with E-state index in [0.29, 0.717) is 0 Å². The molecule has 0 saturated carbocycles. The molecule has 1 aliphatic carbocycles. The molecule has 0 heterocycles. The molecule has 0 amide bonds. The summed E-state index contributed by atoms with van der Waals surface area (Å²) in [5.74, 6) is 0. The van der Waals surface area contributed by atoms with Gasteiger partial charge in [-0.15, -0.1) is 0 Å². The molecule has 0 spiro atoms. The second-order valence-corrected chi connectivity index (χ2v) is 6.53. The van der Waals surface area contributed by atoms with Crippen LogP contribution in [0.1, 0.15) is 62.6 Å². The van der Waals surface area contributed by atoms with E-state index in [1.54, 1.807) is 0 Å². The molecule has 0 atom stereocenters. The van der Waals surface area contributed by atoms with E-state index in [-0.39, 0.29) is 26.2 Å². The number of benzene rings is 2. The Labute approximate surface area is 166 Å². The van der Waals surface area contributed by atoms with Gasteiger partial charge in [-0.2, -0.15) is 0 Å². The van der Waals surface area contributed by atoms with Gasteiger partial charge in [0, 0.05) is 32.6 Å². The molecule has 1 heteroatoms. The van der Waals surface area contributed by atoms with E-state index < -0.39 is 0 Å². The fraction of sp³-hybridized carbons (Fsp3) is 0.348. The van der Waals surface area contributed by atoms with Crippen LogP contribution in [0.4, 0.5) is 0 Å². The molecule has 0 N–H and O–H groups in total. The van der Waals surface area contributed by atoms with Crippen LogP contribution in [0.25, 0.3) is 17.2 Å². The number of hydrogen-bond donors (Lipinski definition) is 0. The third kappa shape index (κ3) is 4.57. The second-order valence-electron chi connectivity index (χ2n) is 6.53. The Morgan fingerprint density at radius 1 is 0.833 bits per heavy atom. The monoisotopic (exact) mass is 393 g/mol. The van der Waals surface area contributed by atoms with Crippen molar-refractivity contribution >= 4 is 6.08 Å². The van der Waals surface area contributed by atoms with Crippen molar-refractivity contribution in [3.63, 3.8) is 0 Å². The minimum absolute atomic E-state index is 0. The molecular formula is C23H27Zr. The average molecular weight is 395 g/mol. The second kappa shape index (κ2) is 9.52. The van der Waals surface area contributed by atoms with Crippen LogP contribution in [0.15, 0.2) is 48.0 Å². The van der Waals surface area contributed by atoms with Gasteiger partial charge in [0.25, 0.3) is 0 Å². The zero-order valence-electron chi connectivity index (χ0n) is 14.9. The van der Waals surface area contributed by atoms with Gasteiger partial charge in [0.05, 0.1) is 0 Å². The summed E-state index contributed by atoms with van der Waals surface area (Å²) in [5.41, 5.74) is 8.38. The van der Waals surface area contributed by atoms with Gasteiger partial charge in [-0.1, -0.05) is 87.2 Å². The van der Waals surface area contributed by atoms with Gasteiger partial charge in [0.1, 0.15) is 0 Å². The van der Waals surface area contributed by atoms with E-state index in [1.807, 2.05) is 0 Å². The molecule has 0 aliphatic heterocycles. The van der Waals surface area contributed by atoms with E-state index in [0.717, 1.165) is 6.42 Å². The molecule has 1 radical (unpaired) electrons. The Morgan fingerprint density at radius 3 is 2.33 bits per heavy atom. The van der Waals surface area contributed by atoms with Crippen LogP contribution >= 0.6 is 0 Å². The van der Waals surface area contributed by atoms with E-state index in [4.69, 9.17) is 0 Å². The molecular weight excluding hydrogens is 367 g/mol. The van der Waals surface area contributed by atoms with Crippen LogP contribution in [0.5, 0.6) is 0 Å². The maximum atomic E-state index is 2.41. The summed E-state index contributed by atoms with van der Waals surface area (Å²) in [6.45, 7) is 4.48. The van der Waals surface area contributed by atoms with Crippen molar-refractivity contribution < 1.29 is 26.2 Å². The Balaban J connectivity index is 0.00000208. The third-order valence-electron chi connectivity index (χ3n) is 4.80. The summed E-state index contributed by atoms with van der Waals surface area (Å²) in [6, 6.07) is 15.7. The van der Waals surface area contributed by atoms with Crippen molar-refractivity contribution in [3.8, 4) is 11.1 Å². The number of aryl methyl sites for hydroxylation is 1. The summed E-state index contributed by atoms with van der Waals surface area (Å²) in [6.07, 6.45) is 12.4. The predicted octanol–water partition coefficient (Wildman–Crippen LogP) is 6.83. The molecule has 0 saturated heterocycles. The molecule has 0 fully saturated rings. The van der Waals surface area contributed by atoms with Crippen molar-refractivity contribution in [2.45, 2.75) is 52.4 Å². The van der Waals surface area contributed by atoms with Gasteiger partial charge in [0.15, 0.2) is 0 Å². The fourth-order valence-electron chi connectivity index (χ4n) is 3.37. The number of rotatable bonds is 7. The standard InChI is InChI=1S/C23H27.Zr/c1-3-5-6-7-9-19-16-21-10-8-11-22(23(21)17-19)20-14-12-18(4-2)13-15-20;/h8,10-17H,3-7,9H2,1-2H3;. The summed E-state index contributed by atoms with van der Waals surface area (Å²) in [7, 11) is 0. The van der Waals surface area contributed by atoms with Crippen LogP contribution in [0.3, 0.4) is 0 Å². The van der Waals surface area contributed by atoms with Gasteiger partial charge in [-0.3, -0.25) is 0 Å². The number of unbranched alkanes of at least 4 members (excludes halogenated alkanes) is 3. The number of hydrogen-bond acceptors (Lipinski definition) is 0. The Bertz CT molecular complexity index is 680. The van der Waals surface area contributed by atoms with Crippen molar-refractivity contribution in [1.29, 1.82) is 0 Å². The van der Waals surface area contributed by atoms with Gasteiger partial charge in [-0.25, -0.2) is 0 Å². The SMILES string of the molecule is CCCCCCC1=Cc2c(cccc2-c2ccc(CC)cc2)[CH]1.[Zr]. The van der Waals surface area contributed by atoms with Gasteiger partial charge in [-0.05, 0) is 47.1 Å². The third-order valence-corrected chi connectivity index (χ3v) is 4.80. The van der Waals surface area contributed by atoms with Crippen LogP contribution in [0.2, 0.25) is 0 Å². The van der Waals surface area contributed by atoms with Crippen molar-refractivity contribution in [2.24, 2.45) is 0 Å². The minimum Gasteiger partial charge on any atom is -0.0654 e. The van der Waals surface area contributed by atoms with Crippen molar-refractivity contribution in [2.75, 3.05) is 0 Å². The molecule has 3 rings (SSSR count). The smallest absolute Gasteiger partial charge is 0.0164 e. The molecule has 1 aliphatic rings. The van der Waals surface area contributed by atoms with Gasteiger partial charge in [0.2, 0.25) is 0 Å². The Hall–Kier alpha value is -0.937. The first-order valence-electron chi connectivity index (χ1n) is 9.09. The van der Waals surface area contributed by atoms with E-state index in [9.17, 15) is 0 Å². The zero-order chi connectivity index (χ0) is 16.1. The van der Waals surface area contributed by atoms with E-state index in [2.05, 4.69) is 68.8 Å².